The fourth-order valence-corrected chi connectivity index (χ4v) is 2.49. The highest BCUT2D eigenvalue weighted by molar-refractivity contribution is 5.86. The van der Waals surface area contributed by atoms with Gasteiger partial charge in [0.15, 0.2) is 0 Å². The number of para-hydroxylation sites is 1. The fraction of sp³-hybridized carbons (Fsp3) is 0.133. The second kappa shape index (κ2) is 4.08. The summed E-state index contributed by atoms with van der Waals surface area (Å²) < 4.78 is 0. The molecule has 1 aromatic carbocycles. The van der Waals surface area contributed by atoms with Gasteiger partial charge in [0.2, 0.25) is 0 Å². The number of nitrogens with one attached hydrogen (secondary N) is 2. The normalized spacial score (nSPS) is 12.4. The van der Waals surface area contributed by atoms with Crippen molar-refractivity contribution in [3.8, 4) is 6.07 Å². The van der Waals surface area contributed by atoms with Crippen molar-refractivity contribution in [1.82, 2.24) is 9.97 Å². The van der Waals surface area contributed by atoms with Crippen molar-refractivity contribution in [2.45, 2.75) is 12.8 Å². The number of benzene rings is 1. The van der Waals surface area contributed by atoms with Crippen LogP contribution in [0.15, 0.2) is 42.7 Å². The van der Waals surface area contributed by atoms with Gasteiger partial charge in [-0.1, -0.05) is 18.2 Å². The largest absolute Gasteiger partial charge is 0.367 e. The molecule has 3 nitrogen and oxygen atoms in total. The highest BCUT2D eigenvalue weighted by Crippen LogP contribution is 2.32. The summed E-state index contributed by atoms with van der Waals surface area (Å²) in [4.78, 5) is 6.36. The molecule has 18 heavy (non-hydrogen) atoms. The molecule has 1 unspecified atom stereocenters. The first kappa shape index (κ1) is 10.7. The summed E-state index contributed by atoms with van der Waals surface area (Å²) in [5.74, 6) is -0.229. The molecule has 3 rings (SSSR count). The van der Waals surface area contributed by atoms with E-state index in [-0.39, 0.29) is 5.92 Å². The van der Waals surface area contributed by atoms with Gasteiger partial charge in [-0.05, 0) is 24.6 Å². The van der Waals surface area contributed by atoms with Crippen molar-refractivity contribution < 1.29 is 0 Å². The lowest BCUT2D eigenvalue weighted by atomic mass is 9.92. The van der Waals surface area contributed by atoms with Crippen LogP contribution < -0.4 is 0 Å². The van der Waals surface area contributed by atoms with E-state index in [0.29, 0.717) is 0 Å². The first-order valence-corrected chi connectivity index (χ1v) is 5.91. The molecule has 3 heteroatoms. The van der Waals surface area contributed by atoms with Crippen LogP contribution in [0.3, 0.4) is 0 Å². The van der Waals surface area contributed by atoms with Crippen molar-refractivity contribution in [1.29, 1.82) is 5.26 Å². The average Bonchev–Trinajstić information content (AvgIpc) is 2.99. The first-order chi connectivity index (χ1) is 8.81. The van der Waals surface area contributed by atoms with Gasteiger partial charge in [-0.2, -0.15) is 5.26 Å². The van der Waals surface area contributed by atoms with Gasteiger partial charge in [-0.15, -0.1) is 0 Å². The molecular weight excluding hydrogens is 222 g/mol. The molecule has 1 atom stereocenters. The van der Waals surface area contributed by atoms with Gasteiger partial charge in [0, 0.05) is 34.6 Å². The fourth-order valence-electron chi connectivity index (χ4n) is 2.49. The quantitative estimate of drug-likeness (QED) is 0.702. The van der Waals surface area contributed by atoms with Gasteiger partial charge in [-0.25, -0.2) is 0 Å². The number of aromatic amines is 2. The van der Waals surface area contributed by atoms with Crippen molar-refractivity contribution >= 4 is 10.9 Å². The van der Waals surface area contributed by atoms with E-state index in [4.69, 9.17) is 0 Å². The Hall–Kier alpha value is -2.47. The summed E-state index contributed by atoms with van der Waals surface area (Å²) in [5, 5.41) is 10.6. The summed E-state index contributed by atoms with van der Waals surface area (Å²) in [5.41, 5.74) is 4.22. The number of nitrogens with zero attached hydrogens (tertiary/aromatic N) is 1. The molecule has 88 valence electrons. The molecule has 2 aromatic heterocycles. The number of fused-ring (bicyclic) bond motifs is 1. The molecule has 3 aromatic rings. The summed E-state index contributed by atoms with van der Waals surface area (Å²) >= 11 is 0. The Bertz CT molecular complexity index is 714. The molecule has 0 saturated heterocycles. The Morgan fingerprint density at radius 3 is 2.78 bits per heavy atom. The Kier molecular flexibility index (Phi) is 2.42. The summed E-state index contributed by atoms with van der Waals surface area (Å²) in [6.45, 7) is 2.02. The van der Waals surface area contributed by atoms with Crippen molar-refractivity contribution in [2.75, 3.05) is 0 Å². The van der Waals surface area contributed by atoms with Gasteiger partial charge < -0.3 is 9.97 Å². The maximum Gasteiger partial charge on any atom is 0.1000 e. The second-order valence-electron chi connectivity index (χ2n) is 4.42. The number of H-pyrrole nitrogens is 2. The van der Waals surface area contributed by atoms with Gasteiger partial charge in [0.05, 0.1) is 12.0 Å². The molecule has 0 aliphatic carbocycles. The smallest absolute Gasteiger partial charge is 0.1000 e. The molecule has 0 aliphatic rings. The summed E-state index contributed by atoms with van der Waals surface area (Å²) in [6.07, 6.45) is 3.74. The molecule has 0 radical (unpaired) electrons. The standard InChI is InChI=1S/C15H13N3/c1-10-15(12-4-2-3-5-14(12)18-10)13(8-16)11-6-7-17-9-11/h2-7,9,13,17-18H,1H3. The van der Waals surface area contributed by atoms with Gasteiger partial charge in [-0.3, -0.25) is 0 Å². The Labute approximate surface area is 105 Å². The number of nitriles is 1. The molecule has 0 spiro atoms. The topological polar surface area (TPSA) is 55.4 Å². The van der Waals surface area contributed by atoms with E-state index in [9.17, 15) is 5.26 Å². The van der Waals surface area contributed by atoms with Gasteiger partial charge >= 0.3 is 0 Å². The van der Waals surface area contributed by atoms with Crippen molar-refractivity contribution in [3.63, 3.8) is 0 Å². The number of rotatable bonds is 2. The number of hydrogen-bond acceptors (Lipinski definition) is 1. The molecule has 0 bridgehead atoms. The van der Waals surface area contributed by atoms with Gasteiger partial charge in [0.25, 0.3) is 0 Å². The molecule has 0 aliphatic heterocycles. The summed E-state index contributed by atoms with van der Waals surface area (Å²) in [7, 11) is 0. The Morgan fingerprint density at radius 1 is 1.22 bits per heavy atom. The lowest BCUT2D eigenvalue weighted by molar-refractivity contribution is 1.03. The molecule has 2 N–H and O–H groups in total. The highest BCUT2D eigenvalue weighted by Gasteiger charge is 2.20. The predicted octanol–water partition coefficient (Wildman–Crippen LogP) is 3.46. The number of aromatic nitrogens is 2. The third-order valence-electron chi connectivity index (χ3n) is 3.32. The van der Waals surface area contributed by atoms with Crippen LogP contribution in [0, 0.1) is 18.3 Å². The molecule has 0 amide bonds. The molecule has 0 saturated carbocycles. The zero-order valence-electron chi connectivity index (χ0n) is 10.1. The van der Waals surface area contributed by atoms with Crippen LogP contribution in [-0.2, 0) is 0 Å². The second-order valence-corrected chi connectivity index (χ2v) is 4.42. The summed E-state index contributed by atoms with van der Waals surface area (Å²) in [6, 6.07) is 12.5. The van der Waals surface area contributed by atoms with Gasteiger partial charge in [0.1, 0.15) is 0 Å². The number of hydrogen-bond donors (Lipinski definition) is 2. The van der Waals surface area contributed by atoms with E-state index in [2.05, 4.69) is 22.1 Å². The van der Waals surface area contributed by atoms with Crippen molar-refractivity contribution in [2.24, 2.45) is 0 Å². The molecule has 2 heterocycles. The van der Waals surface area contributed by atoms with Crippen LogP contribution >= 0.6 is 0 Å². The zero-order chi connectivity index (χ0) is 12.5. The first-order valence-electron chi connectivity index (χ1n) is 5.91. The van der Waals surface area contributed by atoms with Crippen LogP contribution in [0.5, 0.6) is 0 Å². The minimum atomic E-state index is -0.229. The number of aryl methyl sites for hydroxylation is 1. The maximum atomic E-state index is 9.48. The molecular formula is C15H13N3. The third-order valence-corrected chi connectivity index (χ3v) is 3.32. The lowest BCUT2D eigenvalue weighted by Crippen LogP contribution is -1.97. The lowest BCUT2D eigenvalue weighted by Gasteiger charge is -2.07. The van der Waals surface area contributed by atoms with E-state index in [0.717, 1.165) is 27.7 Å². The van der Waals surface area contributed by atoms with E-state index in [1.807, 2.05) is 43.6 Å². The van der Waals surface area contributed by atoms with E-state index in [1.54, 1.807) is 0 Å². The third kappa shape index (κ3) is 1.51. The van der Waals surface area contributed by atoms with Crippen LogP contribution in [0.1, 0.15) is 22.7 Å². The maximum absolute atomic E-state index is 9.48. The van der Waals surface area contributed by atoms with Crippen LogP contribution in [0.25, 0.3) is 10.9 Å². The molecule has 0 fully saturated rings. The van der Waals surface area contributed by atoms with Crippen molar-refractivity contribution in [3.05, 3.63) is 59.5 Å². The van der Waals surface area contributed by atoms with E-state index in [1.165, 1.54) is 0 Å². The Morgan fingerprint density at radius 2 is 2.06 bits per heavy atom. The van der Waals surface area contributed by atoms with E-state index < -0.39 is 0 Å². The van der Waals surface area contributed by atoms with Crippen LogP contribution in [0.4, 0.5) is 0 Å². The highest BCUT2D eigenvalue weighted by atomic mass is 14.7. The zero-order valence-corrected chi connectivity index (χ0v) is 10.1. The van der Waals surface area contributed by atoms with Crippen LogP contribution in [0.2, 0.25) is 0 Å². The van der Waals surface area contributed by atoms with E-state index >= 15 is 0 Å². The van der Waals surface area contributed by atoms with Crippen LogP contribution in [-0.4, -0.2) is 9.97 Å². The minimum Gasteiger partial charge on any atom is -0.367 e. The minimum absolute atomic E-state index is 0.229. The average molecular weight is 235 g/mol. The monoisotopic (exact) mass is 235 g/mol. The predicted molar refractivity (Wildman–Crippen MR) is 71.3 cm³/mol. The Balaban J connectivity index is 2.25. The SMILES string of the molecule is Cc1[nH]c2ccccc2c1C(C#N)c1cc[nH]c1.